The van der Waals surface area contributed by atoms with E-state index in [1.165, 1.54) is 23.5 Å². The molecule has 0 aliphatic heterocycles. The van der Waals surface area contributed by atoms with Crippen molar-refractivity contribution in [2.24, 2.45) is 5.73 Å². The van der Waals surface area contributed by atoms with E-state index in [4.69, 9.17) is 5.73 Å². The number of nitrogens with one attached hydrogen (secondary N) is 2. The number of aliphatic hydroxyl groups excluding tert-OH is 1. The van der Waals surface area contributed by atoms with Gasteiger partial charge in [0.05, 0.1) is 22.7 Å². The number of anilines is 1. The van der Waals surface area contributed by atoms with Crippen LogP contribution in [-0.4, -0.2) is 35.0 Å². The molecule has 0 saturated heterocycles. The monoisotopic (exact) mass is 442 g/mol. The molecule has 0 aliphatic carbocycles. The second kappa shape index (κ2) is 10.6. The molecule has 0 unspecified atom stereocenters. The summed E-state index contributed by atoms with van der Waals surface area (Å²) >= 11 is 1.41. The van der Waals surface area contributed by atoms with Crippen molar-refractivity contribution in [3.63, 3.8) is 0 Å². The van der Waals surface area contributed by atoms with Crippen LogP contribution in [0.1, 0.15) is 27.2 Å². The van der Waals surface area contributed by atoms with E-state index in [9.17, 15) is 19.1 Å². The lowest BCUT2D eigenvalue weighted by atomic mass is 10.1. The third-order valence-corrected chi connectivity index (χ3v) is 5.55. The first-order valence-corrected chi connectivity index (χ1v) is 10.5. The lowest BCUT2D eigenvalue weighted by molar-refractivity contribution is -0.117. The smallest absolute Gasteiger partial charge is 0.255 e. The summed E-state index contributed by atoms with van der Waals surface area (Å²) in [4.78, 5) is 29.8. The molecule has 3 rings (SSSR count). The summed E-state index contributed by atoms with van der Waals surface area (Å²) in [6, 6.07) is 13.4. The number of hydrogen-bond acceptors (Lipinski definition) is 6. The fourth-order valence-electron chi connectivity index (χ4n) is 2.93. The van der Waals surface area contributed by atoms with Gasteiger partial charge in [-0.15, -0.1) is 11.3 Å². The fourth-order valence-corrected chi connectivity index (χ4v) is 3.76. The number of carbonyl (C=O) groups excluding carboxylic acids is 2. The first-order valence-electron chi connectivity index (χ1n) is 9.72. The molecule has 0 saturated carbocycles. The molecule has 9 heteroatoms. The summed E-state index contributed by atoms with van der Waals surface area (Å²) in [5.41, 5.74) is 6.92. The van der Waals surface area contributed by atoms with E-state index in [-0.39, 0.29) is 31.3 Å². The molecule has 2 aromatic heterocycles. The van der Waals surface area contributed by atoms with Gasteiger partial charge in [0.15, 0.2) is 0 Å². The maximum atomic E-state index is 13.4. The number of benzene rings is 1. The number of aliphatic hydroxyl groups is 1. The SMILES string of the molecule is NC(=O)CCNC(=O)c1ccc(-c2ccc(CO)s2)nc1NCCc1cccc(F)c1. The van der Waals surface area contributed by atoms with E-state index >= 15 is 0 Å². The predicted molar refractivity (Wildman–Crippen MR) is 118 cm³/mol. The van der Waals surface area contributed by atoms with Crippen molar-refractivity contribution >= 4 is 29.0 Å². The minimum atomic E-state index is -0.500. The molecule has 2 heterocycles. The van der Waals surface area contributed by atoms with Crippen LogP contribution in [0, 0.1) is 5.82 Å². The van der Waals surface area contributed by atoms with Crippen LogP contribution in [0.4, 0.5) is 10.2 Å². The Balaban J connectivity index is 1.79. The first kappa shape index (κ1) is 22.4. The number of carbonyl (C=O) groups is 2. The zero-order valence-electron chi connectivity index (χ0n) is 16.7. The zero-order valence-corrected chi connectivity index (χ0v) is 17.5. The Morgan fingerprint density at radius 2 is 1.97 bits per heavy atom. The summed E-state index contributed by atoms with van der Waals surface area (Å²) in [5.74, 6) is -0.802. The Labute approximate surface area is 183 Å². The molecule has 7 nitrogen and oxygen atoms in total. The first-order chi connectivity index (χ1) is 15.0. The number of rotatable bonds is 10. The molecule has 5 N–H and O–H groups in total. The topological polar surface area (TPSA) is 117 Å². The second-order valence-corrected chi connectivity index (χ2v) is 7.96. The average molecular weight is 443 g/mol. The van der Waals surface area contributed by atoms with Crippen LogP contribution >= 0.6 is 11.3 Å². The Bertz CT molecular complexity index is 1070. The largest absolute Gasteiger partial charge is 0.391 e. The summed E-state index contributed by atoms with van der Waals surface area (Å²) in [5, 5.41) is 15.1. The fraction of sp³-hybridized carbons (Fsp3) is 0.227. The van der Waals surface area contributed by atoms with E-state index in [1.54, 1.807) is 18.2 Å². The Kier molecular flexibility index (Phi) is 7.69. The van der Waals surface area contributed by atoms with Gasteiger partial charge in [-0.25, -0.2) is 9.37 Å². The molecule has 31 heavy (non-hydrogen) atoms. The quantitative estimate of drug-likeness (QED) is 0.385. The number of pyridine rings is 1. The molecular weight excluding hydrogens is 419 g/mol. The number of hydrogen-bond donors (Lipinski definition) is 4. The van der Waals surface area contributed by atoms with E-state index in [2.05, 4.69) is 15.6 Å². The van der Waals surface area contributed by atoms with Crippen molar-refractivity contribution in [3.05, 3.63) is 70.4 Å². The normalized spacial score (nSPS) is 10.6. The molecular formula is C22H23FN4O3S. The van der Waals surface area contributed by atoms with E-state index in [1.807, 2.05) is 18.2 Å². The van der Waals surface area contributed by atoms with E-state index in [0.717, 1.165) is 15.3 Å². The van der Waals surface area contributed by atoms with Gasteiger partial charge in [0.25, 0.3) is 5.91 Å². The van der Waals surface area contributed by atoms with Crippen molar-refractivity contribution in [1.29, 1.82) is 0 Å². The third-order valence-electron chi connectivity index (χ3n) is 4.46. The van der Waals surface area contributed by atoms with Crippen molar-refractivity contribution < 1.29 is 19.1 Å². The van der Waals surface area contributed by atoms with Crippen molar-refractivity contribution in [2.75, 3.05) is 18.4 Å². The maximum absolute atomic E-state index is 13.4. The summed E-state index contributed by atoms with van der Waals surface area (Å²) < 4.78 is 13.4. The van der Waals surface area contributed by atoms with Gasteiger partial charge < -0.3 is 21.5 Å². The average Bonchev–Trinajstić information content (AvgIpc) is 3.23. The van der Waals surface area contributed by atoms with Gasteiger partial charge in [0.1, 0.15) is 11.6 Å². The minimum Gasteiger partial charge on any atom is -0.391 e. The van der Waals surface area contributed by atoms with Gasteiger partial charge in [-0.1, -0.05) is 12.1 Å². The van der Waals surface area contributed by atoms with Crippen LogP contribution in [0.25, 0.3) is 10.6 Å². The second-order valence-electron chi connectivity index (χ2n) is 6.80. The van der Waals surface area contributed by atoms with Gasteiger partial charge in [0, 0.05) is 24.4 Å². The van der Waals surface area contributed by atoms with Crippen molar-refractivity contribution in [3.8, 4) is 10.6 Å². The molecule has 0 spiro atoms. The number of primary amides is 1. The number of halogens is 1. The molecule has 0 fully saturated rings. The van der Waals surface area contributed by atoms with Crippen LogP contribution in [0.2, 0.25) is 0 Å². The van der Waals surface area contributed by atoms with Gasteiger partial charge in [-0.05, 0) is 48.4 Å². The number of thiophene rings is 1. The molecule has 2 amide bonds. The van der Waals surface area contributed by atoms with E-state index in [0.29, 0.717) is 30.0 Å². The third kappa shape index (κ3) is 6.34. The van der Waals surface area contributed by atoms with Gasteiger partial charge in [0.2, 0.25) is 5.91 Å². The number of amides is 2. The molecule has 0 bridgehead atoms. The molecule has 0 atom stereocenters. The highest BCUT2D eigenvalue weighted by Crippen LogP contribution is 2.29. The highest BCUT2D eigenvalue weighted by atomic mass is 32.1. The Morgan fingerprint density at radius 3 is 2.68 bits per heavy atom. The van der Waals surface area contributed by atoms with Gasteiger partial charge in [-0.3, -0.25) is 9.59 Å². The van der Waals surface area contributed by atoms with Gasteiger partial charge in [-0.2, -0.15) is 0 Å². The van der Waals surface area contributed by atoms with Crippen LogP contribution in [-0.2, 0) is 17.8 Å². The van der Waals surface area contributed by atoms with Crippen molar-refractivity contribution in [1.82, 2.24) is 10.3 Å². The Morgan fingerprint density at radius 1 is 1.13 bits per heavy atom. The number of aromatic nitrogens is 1. The van der Waals surface area contributed by atoms with Crippen LogP contribution < -0.4 is 16.4 Å². The molecule has 0 aliphatic rings. The van der Waals surface area contributed by atoms with Gasteiger partial charge >= 0.3 is 0 Å². The van der Waals surface area contributed by atoms with Crippen LogP contribution in [0.15, 0.2) is 48.5 Å². The van der Waals surface area contributed by atoms with Crippen LogP contribution in [0.5, 0.6) is 0 Å². The lowest BCUT2D eigenvalue weighted by Gasteiger charge is -2.13. The summed E-state index contributed by atoms with van der Waals surface area (Å²) in [7, 11) is 0. The predicted octanol–water partition coefficient (Wildman–Crippen LogP) is 2.70. The zero-order chi connectivity index (χ0) is 22.2. The molecule has 0 radical (unpaired) electrons. The van der Waals surface area contributed by atoms with Crippen molar-refractivity contribution in [2.45, 2.75) is 19.4 Å². The number of nitrogens with zero attached hydrogens (tertiary/aromatic N) is 1. The summed E-state index contributed by atoms with van der Waals surface area (Å²) in [6.07, 6.45) is 0.582. The summed E-state index contributed by atoms with van der Waals surface area (Å²) in [6.45, 7) is 0.515. The molecule has 1 aromatic carbocycles. The van der Waals surface area contributed by atoms with E-state index < -0.39 is 5.91 Å². The standard InChI is InChI=1S/C22H23FN4O3S/c23-15-3-1-2-14(12-15)8-10-25-21-17(22(30)26-11-9-20(24)29)5-6-18(27-21)19-7-4-16(13-28)31-19/h1-7,12,28H,8-11,13H2,(H2,24,29)(H,25,27)(H,26,30). The highest BCUT2D eigenvalue weighted by molar-refractivity contribution is 7.15. The molecule has 3 aromatic rings. The van der Waals surface area contributed by atoms with Crippen LogP contribution in [0.3, 0.4) is 0 Å². The highest BCUT2D eigenvalue weighted by Gasteiger charge is 2.15. The lowest BCUT2D eigenvalue weighted by Crippen LogP contribution is -2.29. The molecule has 162 valence electrons. The minimum absolute atomic E-state index is 0.0404. The Hall–Kier alpha value is -3.30. The maximum Gasteiger partial charge on any atom is 0.255 e. The number of nitrogens with two attached hydrogens (primary N) is 1.